The molecular weight excluding hydrogens is 154 g/mol. The molecule has 0 saturated heterocycles. The van der Waals surface area contributed by atoms with Crippen molar-refractivity contribution in [1.82, 2.24) is 15.0 Å². The number of aromatic nitrogens is 3. The summed E-state index contributed by atoms with van der Waals surface area (Å²) >= 11 is 0. The Labute approximate surface area is 70.5 Å². The highest BCUT2D eigenvalue weighted by molar-refractivity contribution is 5.22. The van der Waals surface area contributed by atoms with Crippen molar-refractivity contribution >= 4 is 0 Å². The van der Waals surface area contributed by atoms with Gasteiger partial charge in [-0.1, -0.05) is 5.21 Å². The minimum Gasteiger partial charge on any atom is -0.378 e. The van der Waals surface area contributed by atoms with Crippen LogP contribution in [0.2, 0.25) is 0 Å². The molecule has 1 heterocycles. The summed E-state index contributed by atoms with van der Waals surface area (Å²) in [6, 6.07) is 0. The summed E-state index contributed by atoms with van der Waals surface area (Å²) < 4.78 is 7.38. The second kappa shape index (κ2) is 1.71. The van der Waals surface area contributed by atoms with Gasteiger partial charge in [0.25, 0.3) is 0 Å². The SMILES string of the molecule is COC12CC(n3ccnn3)(C1)C2. The molecule has 3 aliphatic rings. The van der Waals surface area contributed by atoms with Crippen LogP contribution in [0.4, 0.5) is 0 Å². The maximum absolute atomic E-state index is 5.40. The van der Waals surface area contributed by atoms with Crippen LogP contribution < -0.4 is 0 Å². The third-order valence-corrected chi connectivity index (χ3v) is 3.30. The standard InChI is InChI=1S/C8H11N3O/c1-12-8-4-7(5-8,6-8)11-3-2-9-10-11/h2-3H,4-6H2,1H3. The lowest BCUT2D eigenvalue weighted by atomic mass is 9.46. The Morgan fingerprint density at radius 1 is 1.42 bits per heavy atom. The number of hydrogen-bond donors (Lipinski definition) is 0. The number of hydrogen-bond acceptors (Lipinski definition) is 3. The van der Waals surface area contributed by atoms with E-state index in [0.717, 1.165) is 19.3 Å². The average molecular weight is 165 g/mol. The van der Waals surface area contributed by atoms with E-state index in [1.807, 2.05) is 10.9 Å². The Hall–Kier alpha value is -0.900. The predicted molar refractivity (Wildman–Crippen MR) is 41.6 cm³/mol. The summed E-state index contributed by atoms with van der Waals surface area (Å²) in [4.78, 5) is 0. The van der Waals surface area contributed by atoms with Gasteiger partial charge < -0.3 is 4.74 Å². The maximum atomic E-state index is 5.40. The highest BCUT2D eigenvalue weighted by Crippen LogP contribution is 2.66. The summed E-state index contributed by atoms with van der Waals surface area (Å²) in [5.41, 5.74) is 0.471. The van der Waals surface area contributed by atoms with Crippen LogP contribution in [0.5, 0.6) is 0 Å². The first-order valence-electron chi connectivity index (χ1n) is 4.21. The van der Waals surface area contributed by atoms with E-state index in [0.29, 0.717) is 0 Å². The first-order chi connectivity index (χ1) is 5.79. The third-order valence-electron chi connectivity index (χ3n) is 3.30. The van der Waals surface area contributed by atoms with Gasteiger partial charge in [0.1, 0.15) is 0 Å². The van der Waals surface area contributed by atoms with Gasteiger partial charge in [0, 0.05) is 32.6 Å². The molecule has 0 atom stereocenters. The maximum Gasteiger partial charge on any atom is 0.0748 e. The summed E-state index contributed by atoms with van der Waals surface area (Å²) in [6.45, 7) is 0. The fourth-order valence-corrected chi connectivity index (χ4v) is 2.56. The highest BCUT2D eigenvalue weighted by Gasteiger charge is 2.70. The Balaban J connectivity index is 1.84. The van der Waals surface area contributed by atoms with Gasteiger partial charge in [-0.25, -0.2) is 4.68 Å². The lowest BCUT2D eigenvalue weighted by Crippen LogP contribution is -2.73. The predicted octanol–water partition coefficient (Wildman–Crippen LogP) is 0.556. The van der Waals surface area contributed by atoms with E-state index in [9.17, 15) is 0 Å². The van der Waals surface area contributed by atoms with Crippen LogP contribution in [0.1, 0.15) is 19.3 Å². The molecule has 3 saturated carbocycles. The molecule has 3 fully saturated rings. The van der Waals surface area contributed by atoms with Gasteiger partial charge in [-0.3, -0.25) is 0 Å². The molecule has 12 heavy (non-hydrogen) atoms. The summed E-state index contributed by atoms with van der Waals surface area (Å²) in [5, 5.41) is 7.84. The third kappa shape index (κ3) is 0.545. The molecule has 64 valence electrons. The molecule has 0 radical (unpaired) electrons. The van der Waals surface area contributed by atoms with Gasteiger partial charge in [0.2, 0.25) is 0 Å². The van der Waals surface area contributed by atoms with E-state index >= 15 is 0 Å². The van der Waals surface area contributed by atoms with E-state index < -0.39 is 0 Å². The molecule has 1 aromatic heterocycles. The monoisotopic (exact) mass is 165 g/mol. The molecule has 0 N–H and O–H groups in total. The summed E-state index contributed by atoms with van der Waals surface area (Å²) in [5.74, 6) is 0. The van der Waals surface area contributed by atoms with Gasteiger partial charge in [-0.15, -0.1) is 5.10 Å². The zero-order chi connectivity index (χ0) is 8.23. The van der Waals surface area contributed by atoms with Gasteiger partial charge in [0.15, 0.2) is 0 Å². The lowest BCUT2D eigenvalue weighted by Gasteiger charge is -2.68. The van der Waals surface area contributed by atoms with Crippen LogP contribution in [0, 0.1) is 0 Å². The van der Waals surface area contributed by atoms with Crippen molar-refractivity contribution < 1.29 is 4.74 Å². The second-order valence-electron chi connectivity index (χ2n) is 3.99. The van der Waals surface area contributed by atoms with Gasteiger partial charge >= 0.3 is 0 Å². The fourth-order valence-electron chi connectivity index (χ4n) is 2.56. The van der Waals surface area contributed by atoms with Crippen LogP contribution >= 0.6 is 0 Å². The molecule has 0 unspecified atom stereocenters. The Morgan fingerprint density at radius 2 is 2.17 bits per heavy atom. The van der Waals surface area contributed by atoms with Gasteiger partial charge in [-0.05, 0) is 0 Å². The minimum atomic E-state index is 0.200. The van der Waals surface area contributed by atoms with E-state index in [2.05, 4.69) is 10.3 Å². The number of ether oxygens (including phenoxy) is 1. The van der Waals surface area contributed by atoms with Crippen LogP contribution in [0.25, 0.3) is 0 Å². The molecule has 4 nitrogen and oxygen atoms in total. The quantitative estimate of drug-likeness (QED) is 0.642. The molecular formula is C8H11N3O. The van der Waals surface area contributed by atoms with E-state index in [1.165, 1.54) is 0 Å². The average Bonchev–Trinajstić information content (AvgIpc) is 2.35. The topological polar surface area (TPSA) is 39.9 Å². The van der Waals surface area contributed by atoms with Crippen molar-refractivity contribution in [3.8, 4) is 0 Å². The van der Waals surface area contributed by atoms with Crippen LogP contribution in [0.15, 0.2) is 12.4 Å². The van der Waals surface area contributed by atoms with Crippen LogP contribution in [0.3, 0.4) is 0 Å². The van der Waals surface area contributed by atoms with Crippen molar-refractivity contribution in [3.05, 3.63) is 12.4 Å². The molecule has 0 amide bonds. The van der Waals surface area contributed by atoms with E-state index in [4.69, 9.17) is 4.74 Å². The first kappa shape index (κ1) is 6.60. The Morgan fingerprint density at radius 3 is 2.67 bits per heavy atom. The van der Waals surface area contributed by atoms with Crippen molar-refractivity contribution in [2.45, 2.75) is 30.4 Å². The smallest absolute Gasteiger partial charge is 0.0748 e. The molecule has 4 rings (SSSR count). The lowest BCUT2D eigenvalue weighted by molar-refractivity contribution is -0.265. The number of nitrogens with zero attached hydrogens (tertiary/aromatic N) is 3. The molecule has 3 aliphatic carbocycles. The molecule has 1 aromatic rings. The van der Waals surface area contributed by atoms with Gasteiger partial charge in [-0.2, -0.15) is 0 Å². The van der Waals surface area contributed by atoms with Crippen molar-refractivity contribution in [3.63, 3.8) is 0 Å². The summed E-state index contributed by atoms with van der Waals surface area (Å²) in [7, 11) is 1.80. The van der Waals surface area contributed by atoms with Crippen molar-refractivity contribution in [1.29, 1.82) is 0 Å². The highest BCUT2D eigenvalue weighted by atomic mass is 16.5. The van der Waals surface area contributed by atoms with E-state index in [1.54, 1.807) is 13.3 Å². The van der Waals surface area contributed by atoms with Gasteiger partial charge in [0.05, 0.1) is 17.3 Å². The Bertz CT molecular complexity index is 286. The van der Waals surface area contributed by atoms with Crippen molar-refractivity contribution in [2.24, 2.45) is 0 Å². The summed E-state index contributed by atoms with van der Waals surface area (Å²) in [6.07, 6.45) is 7.01. The molecule has 2 bridgehead atoms. The van der Waals surface area contributed by atoms with Crippen molar-refractivity contribution in [2.75, 3.05) is 7.11 Å². The number of methoxy groups -OCH3 is 1. The van der Waals surface area contributed by atoms with Crippen LogP contribution in [-0.2, 0) is 10.3 Å². The van der Waals surface area contributed by atoms with E-state index in [-0.39, 0.29) is 11.1 Å². The number of rotatable bonds is 2. The largest absolute Gasteiger partial charge is 0.378 e. The first-order valence-corrected chi connectivity index (χ1v) is 4.21. The van der Waals surface area contributed by atoms with Crippen LogP contribution in [-0.4, -0.2) is 27.7 Å². The molecule has 0 spiro atoms. The zero-order valence-corrected chi connectivity index (χ0v) is 7.03. The minimum absolute atomic E-state index is 0.200. The fraction of sp³-hybridized carbons (Fsp3) is 0.750. The molecule has 0 aliphatic heterocycles. The Kier molecular flexibility index (Phi) is 0.942. The second-order valence-corrected chi connectivity index (χ2v) is 3.99. The molecule has 0 aromatic carbocycles. The molecule has 4 heteroatoms. The zero-order valence-electron chi connectivity index (χ0n) is 7.03. The normalized spacial score (nSPS) is 43.4.